The normalized spacial score (nSPS) is 15.2. The molecule has 0 aliphatic carbocycles. The monoisotopic (exact) mass is 422 g/mol. The van der Waals surface area contributed by atoms with E-state index in [4.69, 9.17) is 9.47 Å². The molecule has 1 aliphatic rings. The Kier molecular flexibility index (Phi) is 5.89. The smallest absolute Gasteiger partial charge is 0.287 e. The van der Waals surface area contributed by atoms with Crippen molar-refractivity contribution in [2.24, 2.45) is 0 Å². The van der Waals surface area contributed by atoms with Gasteiger partial charge in [-0.3, -0.25) is 10.1 Å². The number of nitro groups is 1. The Labute approximate surface area is 168 Å². The molecule has 2 heterocycles. The van der Waals surface area contributed by atoms with Crippen molar-refractivity contribution in [3.63, 3.8) is 0 Å². The molecule has 1 aliphatic heterocycles. The van der Waals surface area contributed by atoms with Gasteiger partial charge in [-0.15, -0.1) is 0 Å². The third-order valence-corrected chi connectivity index (χ3v) is 6.67. The van der Waals surface area contributed by atoms with Crippen molar-refractivity contribution in [1.29, 1.82) is 0 Å². The minimum Gasteiger partial charge on any atom is -0.493 e. The van der Waals surface area contributed by atoms with Crippen molar-refractivity contribution in [2.75, 3.05) is 45.3 Å². The lowest BCUT2D eigenvalue weighted by Gasteiger charge is -2.35. The molecule has 0 unspecified atom stereocenters. The molecule has 1 aromatic heterocycles. The predicted octanol–water partition coefficient (Wildman–Crippen LogP) is 1.83. The van der Waals surface area contributed by atoms with Crippen LogP contribution in [0.25, 0.3) is 0 Å². The molecule has 0 saturated carbocycles. The molecule has 0 N–H and O–H groups in total. The number of benzene rings is 1. The Balaban J connectivity index is 1.75. The lowest BCUT2D eigenvalue weighted by atomic mass is 10.2. The molecule has 11 heteroatoms. The lowest BCUT2D eigenvalue weighted by Crippen LogP contribution is -2.49. The molecule has 1 aromatic carbocycles. The highest BCUT2D eigenvalue weighted by molar-refractivity contribution is 7.89. The van der Waals surface area contributed by atoms with Crippen LogP contribution in [0, 0.1) is 17.0 Å². The molecule has 10 nitrogen and oxygen atoms in total. The summed E-state index contributed by atoms with van der Waals surface area (Å²) in [6.07, 6.45) is 1.22. The fraction of sp³-hybridized carbons (Fsp3) is 0.389. The molecule has 1 saturated heterocycles. The molecule has 156 valence electrons. The van der Waals surface area contributed by atoms with Gasteiger partial charge >= 0.3 is 0 Å². The van der Waals surface area contributed by atoms with Gasteiger partial charge in [0.1, 0.15) is 12.0 Å². The van der Waals surface area contributed by atoms with Crippen LogP contribution < -0.4 is 14.4 Å². The molecular formula is C18H22N4O6S. The molecule has 0 radical (unpaired) electrons. The minimum absolute atomic E-state index is 0.0686. The second-order valence-corrected chi connectivity index (χ2v) is 8.44. The topological polar surface area (TPSA) is 115 Å². The number of hydrogen-bond donors (Lipinski definition) is 0. The van der Waals surface area contributed by atoms with E-state index in [1.807, 2.05) is 4.90 Å². The fourth-order valence-electron chi connectivity index (χ4n) is 3.25. The number of rotatable bonds is 6. The molecule has 0 bridgehead atoms. The van der Waals surface area contributed by atoms with Crippen LogP contribution in [0.2, 0.25) is 0 Å². The highest BCUT2D eigenvalue weighted by atomic mass is 32.2. The summed E-state index contributed by atoms with van der Waals surface area (Å²) in [5.74, 6) is 1.42. The molecule has 0 atom stereocenters. The van der Waals surface area contributed by atoms with Gasteiger partial charge in [-0.05, 0) is 24.6 Å². The van der Waals surface area contributed by atoms with Crippen molar-refractivity contribution < 1.29 is 22.8 Å². The summed E-state index contributed by atoms with van der Waals surface area (Å²) in [5.41, 5.74) is 0.608. The number of methoxy groups -OCH3 is 2. The van der Waals surface area contributed by atoms with E-state index >= 15 is 0 Å². The van der Waals surface area contributed by atoms with E-state index in [1.54, 1.807) is 13.0 Å². The van der Waals surface area contributed by atoms with Gasteiger partial charge in [0.05, 0.1) is 24.0 Å². The van der Waals surface area contributed by atoms with E-state index in [0.717, 1.165) is 0 Å². The maximum absolute atomic E-state index is 13.0. The van der Waals surface area contributed by atoms with Gasteiger partial charge in [0.15, 0.2) is 11.5 Å². The predicted molar refractivity (Wildman–Crippen MR) is 106 cm³/mol. The quantitative estimate of drug-likeness (QED) is 0.511. The second-order valence-electron chi connectivity index (χ2n) is 6.50. The highest BCUT2D eigenvalue weighted by Crippen LogP contribution is 2.31. The van der Waals surface area contributed by atoms with E-state index in [-0.39, 0.29) is 23.7 Å². The van der Waals surface area contributed by atoms with Crippen LogP contribution in [0.15, 0.2) is 35.4 Å². The number of hydrogen-bond acceptors (Lipinski definition) is 8. The number of anilines is 1. The number of sulfonamides is 1. The molecule has 2 aromatic rings. The zero-order chi connectivity index (χ0) is 21.2. The Morgan fingerprint density at radius 1 is 1.07 bits per heavy atom. The zero-order valence-electron chi connectivity index (χ0n) is 16.4. The second kappa shape index (κ2) is 8.21. The summed E-state index contributed by atoms with van der Waals surface area (Å²) in [5, 5.41) is 10.9. The van der Waals surface area contributed by atoms with Crippen LogP contribution in [0.5, 0.6) is 11.5 Å². The van der Waals surface area contributed by atoms with Crippen LogP contribution in [0.4, 0.5) is 11.5 Å². The first-order valence-electron chi connectivity index (χ1n) is 8.86. The Hall–Kier alpha value is -2.92. The average Bonchev–Trinajstić information content (AvgIpc) is 2.73. The zero-order valence-corrected chi connectivity index (χ0v) is 17.2. The maximum atomic E-state index is 13.0. The van der Waals surface area contributed by atoms with Crippen LogP contribution in [0.3, 0.4) is 0 Å². The van der Waals surface area contributed by atoms with Crippen molar-refractivity contribution in [1.82, 2.24) is 9.29 Å². The van der Waals surface area contributed by atoms with Crippen LogP contribution >= 0.6 is 0 Å². The number of piperazine rings is 1. The van der Waals surface area contributed by atoms with Crippen LogP contribution in [-0.4, -0.2) is 63.0 Å². The van der Waals surface area contributed by atoms with Crippen molar-refractivity contribution in [3.05, 3.63) is 46.1 Å². The highest BCUT2D eigenvalue weighted by Gasteiger charge is 2.30. The number of nitrogens with zero attached hydrogens (tertiary/aromatic N) is 4. The van der Waals surface area contributed by atoms with Gasteiger partial charge in [0.25, 0.3) is 5.69 Å². The van der Waals surface area contributed by atoms with Crippen LogP contribution in [-0.2, 0) is 10.0 Å². The molecular weight excluding hydrogens is 400 g/mol. The molecule has 3 rings (SSSR count). The van der Waals surface area contributed by atoms with Gasteiger partial charge in [0.2, 0.25) is 10.0 Å². The number of ether oxygens (including phenoxy) is 2. The summed E-state index contributed by atoms with van der Waals surface area (Å²) in [6, 6.07) is 5.97. The largest absolute Gasteiger partial charge is 0.493 e. The first kappa shape index (κ1) is 20.8. The van der Waals surface area contributed by atoms with Gasteiger partial charge in [-0.2, -0.15) is 4.31 Å². The molecule has 29 heavy (non-hydrogen) atoms. The third kappa shape index (κ3) is 4.10. The standard InChI is InChI=1S/C18H22N4O6S/c1-13-10-14(22(23)24)12-19-18(13)20-6-8-21(9-7-20)29(25,26)15-4-5-16(27-2)17(11-15)28-3/h4-5,10-12H,6-9H2,1-3H3. The summed E-state index contributed by atoms with van der Waals surface area (Å²) in [4.78, 5) is 16.6. The lowest BCUT2D eigenvalue weighted by molar-refractivity contribution is -0.385. The molecule has 0 amide bonds. The summed E-state index contributed by atoms with van der Waals surface area (Å²) >= 11 is 0. The first-order valence-corrected chi connectivity index (χ1v) is 10.3. The van der Waals surface area contributed by atoms with E-state index in [9.17, 15) is 18.5 Å². The first-order chi connectivity index (χ1) is 13.8. The number of aryl methyl sites for hydroxylation is 1. The van der Waals surface area contributed by atoms with Gasteiger partial charge in [0, 0.05) is 38.3 Å². The number of aromatic nitrogens is 1. The minimum atomic E-state index is -3.69. The van der Waals surface area contributed by atoms with E-state index in [1.165, 1.54) is 42.9 Å². The van der Waals surface area contributed by atoms with Crippen LogP contribution in [0.1, 0.15) is 5.56 Å². The molecule has 1 fully saturated rings. The van der Waals surface area contributed by atoms with E-state index in [2.05, 4.69) is 4.98 Å². The van der Waals surface area contributed by atoms with Gasteiger partial charge in [-0.25, -0.2) is 13.4 Å². The Morgan fingerprint density at radius 3 is 2.28 bits per heavy atom. The summed E-state index contributed by atoms with van der Waals surface area (Å²) in [7, 11) is -0.755. The summed E-state index contributed by atoms with van der Waals surface area (Å²) in [6.45, 7) is 3.15. The average molecular weight is 422 g/mol. The van der Waals surface area contributed by atoms with E-state index in [0.29, 0.717) is 36.0 Å². The van der Waals surface area contributed by atoms with Gasteiger partial charge < -0.3 is 14.4 Å². The Morgan fingerprint density at radius 2 is 1.72 bits per heavy atom. The Bertz CT molecular complexity index is 1020. The van der Waals surface area contributed by atoms with Crippen molar-refractivity contribution in [3.8, 4) is 11.5 Å². The van der Waals surface area contributed by atoms with Gasteiger partial charge in [-0.1, -0.05) is 0 Å². The molecule has 0 spiro atoms. The number of pyridine rings is 1. The maximum Gasteiger partial charge on any atom is 0.287 e. The fourth-order valence-corrected chi connectivity index (χ4v) is 4.69. The van der Waals surface area contributed by atoms with Crippen molar-refractivity contribution >= 4 is 21.5 Å². The third-order valence-electron chi connectivity index (χ3n) is 4.78. The van der Waals surface area contributed by atoms with Crippen molar-refractivity contribution in [2.45, 2.75) is 11.8 Å². The van der Waals surface area contributed by atoms with E-state index < -0.39 is 14.9 Å². The summed E-state index contributed by atoms with van der Waals surface area (Å²) < 4.78 is 37.8. The SMILES string of the molecule is COc1ccc(S(=O)(=O)N2CCN(c3ncc([N+](=O)[O-])cc3C)CC2)cc1OC.